The first-order valence-corrected chi connectivity index (χ1v) is 14.0. The van der Waals surface area contributed by atoms with E-state index in [0.29, 0.717) is 39.4 Å². The van der Waals surface area contributed by atoms with Crippen LogP contribution in [0.5, 0.6) is 23.0 Å². The molecule has 3 aliphatic rings. The molecule has 1 fully saturated rings. The van der Waals surface area contributed by atoms with Gasteiger partial charge in [-0.2, -0.15) is 0 Å². The molecule has 3 N–H and O–H groups in total. The van der Waals surface area contributed by atoms with Crippen molar-refractivity contribution < 1.29 is 37.7 Å². The summed E-state index contributed by atoms with van der Waals surface area (Å²) in [6, 6.07) is 13.7. The molecule has 4 aromatic rings. The van der Waals surface area contributed by atoms with Gasteiger partial charge in [-0.15, -0.1) is 0 Å². The van der Waals surface area contributed by atoms with E-state index in [1.807, 2.05) is 0 Å². The van der Waals surface area contributed by atoms with Gasteiger partial charge in [-0.05, 0) is 66.6 Å². The van der Waals surface area contributed by atoms with E-state index in [1.54, 1.807) is 48.2 Å². The quantitative estimate of drug-likeness (QED) is 0.328. The van der Waals surface area contributed by atoms with Gasteiger partial charge in [0.2, 0.25) is 0 Å². The van der Waals surface area contributed by atoms with Gasteiger partial charge >= 0.3 is 0 Å². The number of nitrogens with one attached hydrogen (secondary N) is 3. The van der Waals surface area contributed by atoms with E-state index in [1.165, 1.54) is 32.4 Å². The van der Waals surface area contributed by atoms with Crippen LogP contribution in [0.4, 0.5) is 4.39 Å². The predicted molar refractivity (Wildman–Crippen MR) is 158 cm³/mol. The number of carbonyl (C=O) groups excluding carboxylic acids is 3. The molecule has 0 aliphatic carbocycles. The monoisotopic (exact) mass is 602 g/mol. The van der Waals surface area contributed by atoms with Crippen LogP contribution in [0.15, 0.2) is 54.6 Å². The van der Waals surface area contributed by atoms with Crippen molar-refractivity contribution >= 4 is 28.6 Å². The van der Waals surface area contributed by atoms with Crippen LogP contribution in [0, 0.1) is 12.7 Å². The number of likely N-dealkylation sites (tertiary alicyclic amines) is 1. The third-order valence-electron chi connectivity index (χ3n) is 7.88. The largest absolute Gasteiger partial charge is 0.493 e. The third kappa shape index (κ3) is 5.58. The van der Waals surface area contributed by atoms with Crippen LogP contribution < -0.4 is 29.6 Å². The number of amides is 3. The Labute approximate surface area is 252 Å². The van der Waals surface area contributed by atoms with E-state index in [2.05, 4.69) is 15.6 Å². The van der Waals surface area contributed by atoms with Crippen LogP contribution in [-0.4, -0.2) is 73.7 Å². The van der Waals surface area contributed by atoms with Crippen LogP contribution in [0.2, 0.25) is 0 Å². The highest BCUT2D eigenvalue weighted by molar-refractivity contribution is 6.01. The SMILES string of the molecule is COc1ccc2cc1OCC(=O)NCc1ccc(c(OC)c1)O[C@H]1CN(C(=O)c3[nH]c4ccc(F)cc4c3C)C[C@@H]1NC2=O. The van der Waals surface area contributed by atoms with Crippen LogP contribution in [-0.2, 0) is 11.3 Å². The number of carbonyl (C=O) groups is 3. The smallest absolute Gasteiger partial charge is 0.270 e. The Morgan fingerprint density at radius 3 is 2.59 bits per heavy atom. The number of hydrogen-bond donors (Lipinski definition) is 3. The molecule has 44 heavy (non-hydrogen) atoms. The van der Waals surface area contributed by atoms with Gasteiger partial charge in [-0.3, -0.25) is 14.4 Å². The molecule has 0 unspecified atom stereocenters. The summed E-state index contributed by atoms with van der Waals surface area (Å²) in [5, 5.41) is 6.43. The first-order chi connectivity index (χ1) is 21.2. The van der Waals surface area contributed by atoms with Gasteiger partial charge in [-0.25, -0.2) is 4.39 Å². The van der Waals surface area contributed by atoms with Gasteiger partial charge in [0, 0.05) is 29.6 Å². The van der Waals surface area contributed by atoms with Crippen LogP contribution in [0.3, 0.4) is 0 Å². The Morgan fingerprint density at radius 1 is 0.977 bits per heavy atom. The van der Waals surface area contributed by atoms with Crippen LogP contribution >= 0.6 is 0 Å². The maximum Gasteiger partial charge on any atom is 0.270 e. The molecule has 4 heterocycles. The van der Waals surface area contributed by atoms with Gasteiger partial charge in [0.25, 0.3) is 17.7 Å². The number of halogens is 1. The molecule has 0 saturated carbocycles. The summed E-state index contributed by atoms with van der Waals surface area (Å²) >= 11 is 0. The summed E-state index contributed by atoms with van der Waals surface area (Å²) < 4.78 is 37.0. The Balaban J connectivity index is 1.34. The molecule has 3 amide bonds. The molecule has 3 aromatic carbocycles. The second kappa shape index (κ2) is 11.8. The summed E-state index contributed by atoms with van der Waals surface area (Å²) in [5.41, 5.74) is 2.66. The minimum Gasteiger partial charge on any atom is -0.493 e. The summed E-state index contributed by atoms with van der Waals surface area (Å²) in [6.07, 6.45) is -0.644. The number of rotatable bonds is 3. The van der Waals surface area contributed by atoms with Crippen molar-refractivity contribution in [2.75, 3.05) is 33.9 Å². The Bertz CT molecular complexity index is 1770. The Hall–Kier alpha value is -5.26. The molecule has 2 atom stereocenters. The molecule has 4 bridgehead atoms. The summed E-state index contributed by atoms with van der Waals surface area (Å²) in [7, 11) is 2.97. The highest BCUT2D eigenvalue weighted by Gasteiger charge is 2.39. The second-order valence-corrected chi connectivity index (χ2v) is 10.7. The Morgan fingerprint density at radius 2 is 1.80 bits per heavy atom. The number of aryl methyl sites for hydroxylation is 1. The highest BCUT2D eigenvalue weighted by atomic mass is 19.1. The van der Waals surface area contributed by atoms with Crippen molar-refractivity contribution in [3.63, 3.8) is 0 Å². The minimum atomic E-state index is -0.644. The maximum atomic E-state index is 13.9. The fourth-order valence-corrected chi connectivity index (χ4v) is 5.53. The molecule has 228 valence electrons. The lowest BCUT2D eigenvalue weighted by atomic mass is 10.1. The topological polar surface area (TPSA) is 131 Å². The summed E-state index contributed by atoms with van der Waals surface area (Å²) in [4.78, 5) is 44.5. The van der Waals surface area contributed by atoms with Gasteiger partial charge in [-0.1, -0.05) is 6.07 Å². The number of methoxy groups -OCH3 is 2. The van der Waals surface area contributed by atoms with Crippen molar-refractivity contribution in [3.8, 4) is 23.0 Å². The van der Waals surface area contributed by atoms with Gasteiger partial charge in [0.1, 0.15) is 17.6 Å². The lowest BCUT2D eigenvalue weighted by Gasteiger charge is -2.22. The normalized spacial score (nSPS) is 18.5. The summed E-state index contributed by atoms with van der Waals surface area (Å²) in [5.74, 6) is -0.0541. The van der Waals surface area contributed by atoms with Crippen LogP contribution in [0.1, 0.15) is 32.0 Å². The van der Waals surface area contributed by atoms with E-state index in [-0.39, 0.29) is 49.4 Å². The molecule has 3 aliphatic heterocycles. The zero-order chi connectivity index (χ0) is 31.0. The number of H-pyrrole nitrogens is 1. The van der Waals surface area contributed by atoms with Crippen molar-refractivity contribution in [1.82, 2.24) is 20.5 Å². The van der Waals surface area contributed by atoms with Gasteiger partial charge in [0.05, 0.1) is 26.8 Å². The fraction of sp³-hybridized carbons (Fsp3) is 0.281. The standard InChI is InChI=1S/C32H31FN4O7/c1-17-21-12-20(33)6-7-22(21)35-30(17)32(40)37-14-23-28(15-37)44-25-8-4-18(10-26(25)42-3)13-34-29(38)16-43-27-11-19(31(39)36-23)5-9-24(27)41-2/h4-12,23,28,35H,13-16H2,1-3H3,(H,34,38)(H,36,39)/t23-,28-/m0/s1. The molecule has 0 spiro atoms. The first-order valence-electron chi connectivity index (χ1n) is 14.0. The summed E-state index contributed by atoms with van der Waals surface area (Å²) in [6.45, 7) is 2.00. The third-order valence-corrected chi connectivity index (χ3v) is 7.88. The second-order valence-electron chi connectivity index (χ2n) is 10.7. The highest BCUT2D eigenvalue weighted by Crippen LogP contribution is 2.33. The minimum absolute atomic E-state index is 0.150. The van der Waals surface area contributed by atoms with Gasteiger partial charge in [0.15, 0.2) is 29.6 Å². The molecular formula is C32H31FN4O7. The van der Waals surface area contributed by atoms with Crippen molar-refractivity contribution in [2.24, 2.45) is 0 Å². The zero-order valence-electron chi connectivity index (χ0n) is 24.4. The number of aromatic amines is 1. The fourth-order valence-electron chi connectivity index (χ4n) is 5.53. The number of aromatic nitrogens is 1. The molecule has 11 nitrogen and oxygen atoms in total. The van der Waals surface area contributed by atoms with Gasteiger partial charge < -0.3 is 39.5 Å². The average Bonchev–Trinajstić information content (AvgIpc) is 3.58. The maximum absolute atomic E-state index is 13.9. The lowest BCUT2D eigenvalue weighted by Crippen LogP contribution is -2.45. The van der Waals surface area contributed by atoms with Crippen molar-refractivity contribution in [3.05, 3.63) is 82.8 Å². The van der Waals surface area contributed by atoms with E-state index >= 15 is 0 Å². The lowest BCUT2D eigenvalue weighted by molar-refractivity contribution is -0.123. The molecule has 0 radical (unpaired) electrons. The molecule has 12 heteroatoms. The van der Waals surface area contributed by atoms with E-state index in [4.69, 9.17) is 18.9 Å². The predicted octanol–water partition coefficient (Wildman–Crippen LogP) is 3.34. The van der Waals surface area contributed by atoms with Crippen LogP contribution in [0.25, 0.3) is 10.9 Å². The average molecular weight is 603 g/mol. The van der Waals surface area contributed by atoms with E-state index in [0.717, 1.165) is 5.56 Å². The zero-order valence-corrected chi connectivity index (χ0v) is 24.4. The number of nitrogens with zero attached hydrogens (tertiary/aromatic N) is 1. The number of hydrogen-bond acceptors (Lipinski definition) is 7. The number of ether oxygens (including phenoxy) is 4. The Kier molecular flexibility index (Phi) is 7.73. The molecule has 1 saturated heterocycles. The number of fused-ring (bicyclic) bond motifs is 8. The van der Waals surface area contributed by atoms with E-state index in [9.17, 15) is 18.8 Å². The van der Waals surface area contributed by atoms with Crippen molar-refractivity contribution in [2.45, 2.75) is 25.6 Å². The van der Waals surface area contributed by atoms with Crippen molar-refractivity contribution in [1.29, 1.82) is 0 Å². The molecule has 1 aromatic heterocycles. The number of benzene rings is 3. The van der Waals surface area contributed by atoms with E-state index < -0.39 is 23.9 Å². The first kappa shape index (κ1) is 28.8. The molecular weight excluding hydrogens is 571 g/mol. The molecule has 7 rings (SSSR count).